The standard InChI is InChI=1S/C39H66O6/c1-4-7-10-13-16-19-22-25-28-31-34(37(40)41)32(29-26-23-20-17-14-11-8-5-2)36(39(44)45)33(35(31)38(42)43)30-27-24-21-18-15-12-9-6-3/h4-30H2,1-3H3,(H,40,41)(H,42,43)(H,44,45). The number of rotatable bonds is 30. The van der Waals surface area contributed by atoms with Crippen LogP contribution in [0.3, 0.4) is 0 Å². The molecule has 0 heterocycles. The smallest absolute Gasteiger partial charge is 0.336 e. The van der Waals surface area contributed by atoms with E-state index in [4.69, 9.17) is 0 Å². The molecular formula is C39H66O6. The Morgan fingerprint density at radius 3 is 0.689 bits per heavy atom. The summed E-state index contributed by atoms with van der Waals surface area (Å²) < 4.78 is 0. The van der Waals surface area contributed by atoms with Gasteiger partial charge in [-0.1, -0.05) is 156 Å². The van der Waals surface area contributed by atoms with Gasteiger partial charge < -0.3 is 15.3 Å². The molecular weight excluding hydrogens is 564 g/mol. The fourth-order valence-electron chi connectivity index (χ4n) is 6.75. The van der Waals surface area contributed by atoms with Crippen LogP contribution in [-0.4, -0.2) is 33.2 Å². The van der Waals surface area contributed by atoms with Crippen LogP contribution in [0.5, 0.6) is 0 Å². The summed E-state index contributed by atoms with van der Waals surface area (Å²) in [6, 6.07) is 0. The molecule has 1 aromatic carbocycles. The maximum atomic E-state index is 12.8. The van der Waals surface area contributed by atoms with E-state index in [1.54, 1.807) is 0 Å². The van der Waals surface area contributed by atoms with Gasteiger partial charge in [-0.2, -0.15) is 0 Å². The number of hydrogen-bond donors (Lipinski definition) is 3. The van der Waals surface area contributed by atoms with Gasteiger partial charge in [-0.3, -0.25) is 0 Å². The first-order chi connectivity index (χ1) is 21.8. The lowest BCUT2D eigenvalue weighted by Gasteiger charge is -2.22. The van der Waals surface area contributed by atoms with E-state index in [0.717, 1.165) is 57.8 Å². The lowest BCUT2D eigenvalue weighted by Crippen LogP contribution is -2.22. The summed E-state index contributed by atoms with van der Waals surface area (Å²) >= 11 is 0. The largest absolute Gasteiger partial charge is 0.478 e. The molecule has 0 aliphatic carbocycles. The van der Waals surface area contributed by atoms with Crippen molar-refractivity contribution in [1.29, 1.82) is 0 Å². The number of hydrogen-bond acceptors (Lipinski definition) is 3. The first kappa shape index (κ1) is 40.7. The molecule has 45 heavy (non-hydrogen) atoms. The molecule has 0 saturated carbocycles. The molecule has 0 aromatic heterocycles. The normalized spacial score (nSPS) is 11.3. The van der Waals surface area contributed by atoms with E-state index in [1.807, 2.05) is 0 Å². The van der Waals surface area contributed by atoms with E-state index in [0.29, 0.717) is 55.2 Å². The number of unbranched alkanes of at least 4 members (excludes halogenated alkanes) is 21. The number of benzene rings is 1. The summed E-state index contributed by atoms with van der Waals surface area (Å²) in [6.07, 6.45) is 27.0. The number of aromatic carboxylic acids is 3. The van der Waals surface area contributed by atoms with Crippen molar-refractivity contribution < 1.29 is 29.7 Å². The van der Waals surface area contributed by atoms with Crippen LogP contribution in [-0.2, 0) is 19.3 Å². The maximum Gasteiger partial charge on any atom is 0.336 e. The molecule has 0 aliphatic rings. The number of carboxylic acids is 3. The summed E-state index contributed by atoms with van der Waals surface area (Å²) in [5.74, 6) is -3.62. The van der Waals surface area contributed by atoms with E-state index in [1.165, 1.54) is 77.0 Å². The maximum absolute atomic E-state index is 12.8. The Labute approximate surface area is 274 Å². The van der Waals surface area contributed by atoms with Crippen LogP contribution >= 0.6 is 0 Å². The van der Waals surface area contributed by atoms with Gasteiger partial charge in [0.05, 0.1) is 16.7 Å². The molecule has 6 nitrogen and oxygen atoms in total. The predicted octanol–water partition coefficient (Wildman–Crippen LogP) is 11.8. The van der Waals surface area contributed by atoms with Gasteiger partial charge in [-0.25, -0.2) is 14.4 Å². The SMILES string of the molecule is CCCCCCCCCCc1c(C(=O)O)c(CCCCCCCCCC)c(C(=O)O)c(CCCCCCCCCC)c1C(=O)O. The molecule has 0 unspecified atom stereocenters. The Morgan fingerprint density at radius 2 is 0.511 bits per heavy atom. The average Bonchev–Trinajstić information content (AvgIpc) is 3.00. The van der Waals surface area contributed by atoms with E-state index >= 15 is 0 Å². The second-order valence-electron chi connectivity index (χ2n) is 13.2. The zero-order valence-electron chi connectivity index (χ0n) is 29.2. The Morgan fingerprint density at radius 1 is 0.333 bits per heavy atom. The van der Waals surface area contributed by atoms with Crippen LogP contribution in [0.25, 0.3) is 0 Å². The Hall–Kier alpha value is -2.37. The van der Waals surface area contributed by atoms with Gasteiger partial charge in [0, 0.05) is 0 Å². The first-order valence-corrected chi connectivity index (χ1v) is 18.7. The van der Waals surface area contributed by atoms with Gasteiger partial charge in [0.2, 0.25) is 0 Å². The minimum absolute atomic E-state index is 0.0598. The highest BCUT2D eigenvalue weighted by Crippen LogP contribution is 2.33. The minimum atomic E-state index is -1.21. The molecule has 0 bridgehead atoms. The predicted molar refractivity (Wildman–Crippen MR) is 186 cm³/mol. The highest BCUT2D eigenvalue weighted by atomic mass is 16.4. The summed E-state index contributed by atoms with van der Waals surface area (Å²) in [5.41, 5.74) is 0.849. The number of carboxylic acid groups (broad SMARTS) is 3. The Kier molecular flexibility index (Phi) is 23.3. The monoisotopic (exact) mass is 630 g/mol. The van der Waals surface area contributed by atoms with Crippen molar-refractivity contribution in [1.82, 2.24) is 0 Å². The van der Waals surface area contributed by atoms with Crippen LogP contribution in [0.1, 0.15) is 223 Å². The van der Waals surface area contributed by atoms with Crippen molar-refractivity contribution in [3.63, 3.8) is 0 Å². The second kappa shape index (κ2) is 25.8. The van der Waals surface area contributed by atoms with E-state index in [9.17, 15) is 29.7 Å². The molecule has 0 aliphatic heterocycles. The summed E-state index contributed by atoms with van der Waals surface area (Å²) in [6.45, 7) is 6.59. The average molecular weight is 631 g/mol. The summed E-state index contributed by atoms with van der Waals surface area (Å²) in [4.78, 5) is 38.4. The molecule has 1 rings (SSSR count). The van der Waals surface area contributed by atoms with Crippen LogP contribution < -0.4 is 0 Å². The van der Waals surface area contributed by atoms with E-state index in [-0.39, 0.29) is 16.7 Å². The van der Waals surface area contributed by atoms with Crippen LogP contribution in [0.4, 0.5) is 0 Å². The third-order valence-electron chi connectivity index (χ3n) is 9.29. The molecule has 0 spiro atoms. The molecule has 1 aromatic rings. The molecule has 0 amide bonds. The van der Waals surface area contributed by atoms with Crippen molar-refractivity contribution in [3.05, 3.63) is 33.4 Å². The van der Waals surface area contributed by atoms with Gasteiger partial charge in [-0.15, -0.1) is 0 Å². The van der Waals surface area contributed by atoms with Crippen molar-refractivity contribution >= 4 is 17.9 Å². The zero-order valence-corrected chi connectivity index (χ0v) is 29.2. The van der Waals surface area contributed by atoms with Crippen LogP contribution in [0, 0.1) is 0 Å². The van der Waals surface area contributed by atoms with Gasteiger partial charge >= 0.3 is 17.9 Å². The summed E-state index contributed by atoms with van der Waals surface area (Å²) in [7, 11) is 0. The van der Waals surface area contributed by atoms with Gasteiger partial charge in [0.1, 0.15) is 0 Å². The molecule has 0 fully saturated rings. The van der Waals surface area contributed by atoms with Crippen LogP contribution in [0.15, 0.2) is 0 Å². The topological polar surface area (TPSA) is 112 Å². The van der Waals surface area contributed by atoms with Crippen molar-refractivity contribution in [2.75, 3.05) is 0 Å². The Balaban J connectivity index is 3.30. The molecule has 258 valence electrons. The van der Waals surface area contributed by atoms with Crippen LogP contribution in [0.2, 0.25) is 0 Å². The first-order valence-electron chi connectivity index (χ1n) is 18.7. The van der Waals surface area contributed by atoms with Crippen molar-refractivity contribution in [2.24, 2.45) is 0 Å². The van der Waals surface area contributed by atoms with Crippen molar-refractivity contribution in [2.45, 2.75) is 194 Å². The zero-order chi connectivity index (χ0) is 33.3. The quantitative estimate of drug-likeness (QED) is 0.0729. The molecule has 0 atom stereocenters. The highest BCUT2D eigenvalue weighted by molar-refractivity contribution is 6.05. The van der Waals surface area contributed by atoms with Gasteiger partial charge in [0.25, 0.3) is 0 Å². The van der Waals surface area contributed by atoms with E-state index in [2.05, 4.69) is 20.8 Å². The third kappa shape index (κ3) is 16.1. The third-order valence-corrected chi connectivity index (χ3v) is 9.29. The minimum Gasteiger partial charge on any atom is -0.478 e. The van der Waals surface area contributed by atoms with Gasteiger partial charge in [-0.05, 0) is 55.2 Å². The summed E-state index contributed by atoms with van der Waals surface area (Å²) in [5, 5.41) is 31.3. The lowest BCUT2D eigenvalue weighted by molar-refractivity contribution is 0.0693. The molecule has 6 heteroatoms. The molecule has 3 N–H and O–H groups in total. The van der Waals surface area contributed by atoms with E-state index < -0.39 is 17.9 Å². The fraction of sp³-hybridized carbons (Fsp3) is 0.769. The fourth-order valence-corrected chi connectivity index (χ4v) is 6.75. The second-order valence-corrected chi connectivity index (χ2v) is 13.2. The Bertz CT molecular complexity index is 837. The lowest BCUT2D eigenvalue weighted by atomic mass is 9.81. The van der Waals surface area contributed by atoms with Gasteiger partial charge in [0.15, 0.2) is 0 Å². The highest BCUT2D eigenvalue weighted by Gasteiger charge is 2.32. The molecule has 0 saturated heterocycles. The number of carbonyl (C=O) groups is 3. The molecule has 0 radical (unpaired) electrons. The van der Waals surface area contributed by atoms with Crippen molar-refractivity contribution in [3.8, 4) is 0 Å².